The lowest BCUT2D eigenvalue weighted by Gasteiger charge is -2.09. The van der Waals surface area contributed by atoms with E-state index in [2.05, 4.69) is 15.5 Å². The van der Waals surface area contributed by atoms with E-state index in [1.807, 2.05) is 19.9 Å². The lowest BCUT2D eigenvalue weighted by Crippen LogP contribution is -2.06. The van der Waals surface area contributed by atoms with Crippen molar-refractivity contribution < 1.29 is 0 Å². The van der Waals surface area contributed by atoms with Gasteiger partial charge in [0, 0.05) is 16.9 Å². The van der Waals surface area contributed by atoms with Crippen LogP contribution in [0.15, 0.2) is 18.2 Å². The maximum Gasteiger partial charge on any atom is 0.184 e. The normalized spacial score (nSPS) is 10.9. The molecule has 1 heterocycles. The molecular formula is C10H14N6. The lowest BCUT2D eigenvalue weighted by molar-refractivity contribution is 0.519. The molecule has 0 aliphatic heterocycles. The summed E-state index contributed by atoms with van der Waals surface area (Å²) in [5.41, 5.74) is 13.5. The van der Waals surface area contributed by atoms with Crippen molar-refractivity contribution in [3.63, 3.8) is 0 Å². The fraction of sp³-hybridized carbons (Fsp3) is 0.300. The Bertz CT molecular complexity index is 502. The molecule has 6 nitrogen and oxygen atoms in total. The van der Waals surface area contributed by atoms with E-state index in [0.717, 1.165) is 5.56 Å². The average molecular weight is 218 g/mol. The number of aromatic nitrogens is 4. The maximum absolute atomic E-state index is 5.89. The standard InChI is InChI=1S/C10H14N6/c1-6(2)16-10(13-14-15-16)8-4-3-7(11)5-9(8)12/h3-6H,11-12H2,1-2H3. The first-order valence-electron chi connectivity index (χ1n) is 5.03. The van der Waals surface area contributed by atoms with Crippen LogP contribution in [0.25, 0.3) is 11.4 Å². The summed E-state index contributed by atoms with van der Waals surface area (Å²) in [6, 6.07) is 5.50. The Hall–Kier alpha value is -2.11. The number of nitrogens with zero attached hydrogens (tertiary/aromatic N) is 4. The van der Waals surface area contributed by atoms with Crippen LogP contribution in [0.3, 0.4) is 0 Å². The summed E-state index contributed by atoms with van der Waals surface area (Å²) in [5.74, 6) is 0.660. The molecule has 16 heavy (non-hydrogen) atoms. The molecule has 0 fully saturated rings. The van der Waals surface area contributed by atoms with E-state index in [4.69, 9.17) is 11.5 Å². The first kappa shape index (κ1) is 10.4. The van der Waals surface area contributed by atoms with Crippen LogP contribution in [0.4, 0.5) is 11.4 Å². The molecule has 0 amide bonds. The molecule has 2 aromatic rings. The number of rotatable bonds is 2. The van der Waals surface area contributed by atoms with Gasteiger partial charge in [0.1, 0.15) is 0 Å². The van der Waals surface area contributed by atoms with Crippen LogP contribution in [0.1, 0.15) is 19.9 Å². The zero-order valence-corrected chi connectivity index (χ0v) is 9.25. The van der Waals surface area contributed by atoms with Gasteiger partial charge in [-0.2, -0.15) is 0 Å². The Balaban J connectivity index is 2.54. The van der Waals surface area contributed by atoms with Crippen molar-refractivity contribution in [2.24, 2.45) is 0 Å². The largest absolute Gasteiger partial charge is 0.399 e. The zero-order valence-electron chi connectivity index (χ0n) is 9.25. The smallest absolute Gasteiger partial charge is 0.184 e. The Morgan fingerprint density at radius 1 is 1.25 bits per heavy atom. The fourth-order valence-electron chi connectivity index (χ4n) is 1.50. The van der Waals surface area contributed by atoms with Gasteiger partial charge in [-0.15, -0.1) is 5.10 Å². The van der Waals surface area contributed by atoms with Crippen LogP contribution in [0.2, 0.25) is 0 Å². The number of tetrazole rings is 1. The van der Waals surface area contributed by atoms with E-state index < -0.39 is 0 Å². The van der Waals surface area contributed by atoms with E-state index >= 15 is 0 Å². The van der Waals surface area contributed by atoms with Gasteiger partial charge in [-0.25, -0.2) is 4.68 Å². The van der Waals surface area contributed by atoms with E-state index in [1.54, 1.807) is 16.8 Å². The van der Waals surface area contributed by atoms with Crippen molar-refractivity contribution in [1.82, 2.24) is 20.2 Å². The Morgan fingerprint density at radius 2 is 2.00 bits per heavy atom. The minimum Gasteiger partial charge on any atom is -0.399 e. The molecule has 2 rings (SSSR count). The fourth-order valence-corrected chi connectivity index (χ4v) is 1.50. The minimum absolute atomic E-state index is 0.182. The second kappa shape index (κ2) is 3.80. The van der Waals surface area contributed by atoms with Gasteiger partial charge in [0.05, 0.1) is 6.04 Å². The quantitative estimate of drug-likeness (QED) is 0.735. The Kier molecular flexibility index (Phi) is 2.47. The third kappa shape index (κ3) is 1.69. The molecule has 0 aliphatic rings. The van der Waals surface area contributed by atoms with Gasteiger partial charge in [0.15, 0.2) is 5.82 Å². The van der Waals surface area contributed by atoms with Gasteiger partial charge in [0.25, 0.3) is 0 Å². The van der Waals surface area contributed by atoms with Gasteiger partial charge in [-0.1, -0.05) is 0 Å². The van der Waals surface area contributed by atoms with E-state index in [9.17, 15) is 0 Å². The van der Waals surface area contributed by atoms with E-state index in [1.165, 1.54) is 0 Å². The van der Waals surface area contributed by atoms with Crippen molar-refractivity contribution in [3.05, 3.63) is 18.2 Å². The Labute approximate surface area is 93.2 Å². The van der Waals surface area contributed by atoms with E-state index in [-0.39, 0.29) is 6.04 Å². The molecule has 6 heteroatoms. The van der Waals surface area contributed by atoms with E-state index in [0.29, 0.717) is 17.2 Å². The molecule has 0 saturated carbocycles. The van der Waals surface area contributed by atoms with Crippen molar-refractivity contribution >= 4 is 11.4 Å². The van der Waals surface area contributed by atoms with Crippen LogP contribution in [-0.4, -0.2) is 20.2 Å². The molecule has 84 valence electrons. The molecule has 0 saturated heterocycles. The van der Waals surface area contributed by atoms with Crippen LogP contribution < -0.4 is 11.5 Å². The Morgan fingerprint density at radius 3 is 2.62 bits per heavy atom. The van der Waals surface area contributed by atoms with Crippen molar-refractivity contribution in [1.29, 1.82) is 0 Å². The highest BCUT2D eigenvalue weighted by molar-refractivity contribution is 5.74. The summed E-state index contributed by atoms with van der Waals surface area (Å²) in [4.78, 5) is 0. The van der Waals surface area contributed by atoms with Crippen LogP contribution in [0.5, 0.6) is 0 Å². The predicted octanol–water partition coefficient (Wildman–Crippen LogP) is 1.09. The third-order valence-corrected chi connectivity index (χ3v) is 2.30. The topological polar surface area (TPSA) is 95.6 Å². The summed E-state index contributed by atoms with van der Waals surface area (Å²) < 4.78 is 1.72. The second-order valence-electron chi connectivity index (χ2n) is 3.89. The number of nitrogen functional groups attached to an aromatic ring is 2. The highest BCUT2D eigenvalue weighted by Gasteiger charge is 2.13. The highest BCUT2D eigenvalue weighted by Crippen LogP contribution is 2.26. The maximum atomic E-state index is 5.89. The lowest BCUT2D eigenvalue weighted by atomic mass is 10.1. The second-order valence-corrected chi connectivity index (χ2v) is 3.89. The van der Waals surface area contributed by atoms with Gasteiger partial charge < -0.3 is 11.5 Å². The van der Waals surface area contributed by atoms with Crippen LogP contribution in [0, 0.1) is 0 Å². The average Bonchev–Trinajstić information content (AvgIpc) is 2.66. The van der Waals surface area contributed by atoms with Gasteiger partial charge in [-0.3, -0.25) is 0 Å². The molecule has 0 radical (unpaired) electrons. The summed E-state index contributed by atoms with van der Waals surface area (Å²) >= 11 is 0. The number of hydrogen-bond acceptors (Lipinski definition) is 5. The molecule has 0 spiro atoms. The summed E-state index contributed by atoms with van der Waals surface area (Å²) in [7, 11) is 0. The molecule has 1 aromatic carbocycles. The molecule has 0 bridgehead atoms. The van der Waals surface area contributed by atoms with Crippen molar-refractivity contribution in [3.8, 4) is 11.4 Å². The predicted molar refractivity (Wildman–Crippen MR) is 62.5 cm³/mol. The third-order valence-electron chi connectivity index (χ3n) is 2.30. The van der Waals surface area contributed by atoms with Gasteiger partial charge in [-0.05, 0) is 42.5 Å². The van der Waals surface area contributed by atoms with Crippen molar-refractivity contribution in [2.45, 2.75) is 19.9 Å². The summed E-state index contributed by atoms with van der Waals surface area (Å²) in [6.07, 6.45) is 0. The van der Waals surface area contributed by atoms with Gasteiger partial charge in [0.2, 0.25) is 0 Å². The molecule has 0 aliphatic carbocycles. The zero-order chi connectivity index (χ0) is 11.7. The monoisotopic (exact) mass is 218 g/mol. The summed E-state index contributed by atoms with van der Waals surface area (Å²) in [6.45, 7) is 4.01. The first-order chi connectivity index (χ1) is 7.59. The number of anilines is 2. The molecule has 4 N–H and O–H groups in total. The number of nitrogens with two attached hydrogens (primary N) is 2. The minimum atomic E-state index is 0.182. The summed E-state index contributed by atoms with van der Waals surface area (Å²) in [5, 5.41) is 11.6. The molecular weight excluding hydrogens is 204 g/mol. The van der Waals surface area contributed by atoms with Crippen LogP contribution in [-0.2, 0) is 0 Å². The highest BCUT2D eigenvalue weighted by atomic mass is 15.5. The molecule has 1 aromatic heterocycles. The first-order valence-corrected chi connectivity index (χ1v) is 5.03. The number of hydrogen-bond donors (Lipinski definition) is 2. The SMILES string of the molecule is CC(C)n1nnnc1-c1ccc(N)cc1N. The molecule has 0 atom stereocenters. The van der Waals surface area contributed by atoms with Crippen LogP contribution >= 0.6 is 0 Å². The van der Waals surface area contributed by atoms with Gasteiger partial charge >= 0.3 is 0 Å². The number of benzene rings is 1. The van der Waals surface area contributed by atoms with Crippen molar-refractivity contribution in [2.75, 3.05) is 11.5 Å². The molecule has 0 unspecified atom stereocenters.